The summed E-state index contributed by atoms with van der Waals surface area (Å²) in [6, 6.07) is 21.5. The van der Waals surface area contributed by atoms with Gasteiger partial charge in [-0.25, -0.2) is 4.79 Å². The highest BCUT2D eigenvalue weighted by Crippen LogP contribution is 2.36. The highest BCUT2D eigenvalue weighted by molar-refractivity contribution is 8.27. The number of nitrogens with zero attached hydrogens (tertiary/aromatic N) is 2. The van der Waals surface area contributed by atoms with Crippen LogP contribution in [0.1, 0.15) is 21.5 Å². The molecule has 1 fully saturated rings. The fraction of sp³-hybridized carbons (Fsp3) is 0.143. The van der Waals surface area contributed by atoms with Crippen molar-refractivity contribution < 1.29 is 19.1 Å². The van der Waals surface area contributed by atoms with Crippen LogP contribution in [0.2, 0.25) is 0 Å². The van der Waals surface area contributed by atoms with Crippen molar-refractivity contribution in [3.63, 3.8) is 0 Å². The van der Waals surface area contributed by atoms with Gasteiger partial charge in [-0.15, -0.1) is 0 Å². The number of hydrogen-bond donors (Lipinski definition) is 1. The molecule has 1 heterocycles. The molecule has 0 saturated carbocycles. The smallest absolute Gasteiger partial charge is 0.338 e. The molecule has 37 heavy (non-hydrogen) atoms. The van der Waals surface area contributed by atoms with Gasteiger partial charge < -0.3 is 15.0 Å². The van der Waals surface area contributed by atoms with Crippen LogP contribution in [0.3, 0.4) is 0 Å². The largest absolute Gasteiger partial charge is 0.452 e. The Morgan fingerprint density at radius 1 is 1.00 bits per heavy atom. The van der Waals surface area contributed by atoms with E-state index in [-0.39, 0.29) is 5.91 Å². The minimum atomic E-state index is -0.613. The molecule has 0 radical (unpaired) electrons. The second-order valence-electron chi connectivity index (χ2n) is 8.54. The number of rotatable bonds is 7. The summed E-state index contributed by atoms with van der Waals surface area (Å²) in [4.78, 5) is 41.4. The predicted octanol–water partition coefficient (Wildman–Crippen LogP) is 5.26. The number of hydrogen-bond acceptors (Lipinski definition) is 7. The summed E-state index contributed by atoms with van der Waals surface area (Å²) < 4.78 is 5.58. The third-order valence-corrected chi connectivity index (χ3v) is 6.83. The lowest BCUT2D eigenvalue weighted by atomic mass is 10.1. The maximum absolute atomic E-state index is 13.0. The van der Waals surface area contributed by atoms with E-state index in [1.54, 1.807) is 42.5 Å². The van der Waals surface area contributed by atoms with E-state index in [4.69, 9.17) is 17.0 Å². The quantitative estimate of drug-likeness (QED) is 0.253. The average molecular weight is 532 g/mol. The average Bonchev–Trinajstić information content (AvgIpc) is 3.16. The number of carbonyl (C=O) groups is 3. The van der Waals surface area contributed by atoms with Crippen LogP contribution in [0.4, 0.5) is 17.1 Å². The molecular weight excluding hydrogens is 506 g/mol. The fourth-order valence-corrected chi connectivity index (χ4v) is 4.80. The van der Waals surface area contributed by atoms with Crippen LogP contribution < -0.4 is 15.1 Å². The highest BCUT2D eigenvalue weighted by Gasteiger charge is 2.33. The first-order valence-corrected chi connectivity index (χ1v) is 12.6. The molecule has 3 aromatic rings. The van der Waals surface area contributed by atoms with Gasteiger partial charge in [0.05, 0.1) is 16.2 Å². The summed E-state index contributed by atoms with van der Waals surface area (Å²) in [5.41, 5.74) is 4.48. The zero-order chi connectivity index (χ0) is 26.5. The summed E-state index contributed by atoms with van der Waals surface area (Å²) in [5, 5.41) is 2.68. The van der Waals surface area contributed by atoms with Crippen molar-refractivity contribution in [2.24, 2.45) is 0 Å². The van der Waals surface area contributed by atoms with Gasteiger partial charge in [-0.2, -0.15) is 0 Å². The number of esters is 1. The predicted molar refractivity (Wildman–Crippen MR) is 153 cm³/mol. The van der Waals surface area contributed by atoms with E-state index in [0.717, 1.165) is 16.8 Å². The zero-order valence-electron chi connectivity index (χ0n) is 20.6. The van der Waals surface area contributed by atoms with E-state index < -0.39 is 18.5 Å². The molecule has 0 atom stereocenters. The van der Waals surface area contributed by atoms with Gasteiger partial charge in [0, 0.05) is 25.5 Å². The zero-order valence-corrected chi connectivity index (χ0v) is 22.2. The molecule has 0 spiro atoms. The van der Waals surface area contributed by atoms with Gasteiger partial charge >= 0.3 is 5.97 Å². The first-order valence-electron chi connectivity index (χ1n) is 11.4. The number of amides is 2. The Labute approximate surface area is 225 Å². The molecule has 0 unspecified atom stereocenters. The number of anilines is 3. The molecule has 0 aliphatic carbocycles. The van der Waals surface area contributed by atoms with Crippen molar-refractivity contribution in [1.29, 1.82) is 0 Å². The molecule has 1 aliphatic heterocycles. The second-order valence-corrected chi connectivity index (χ2v) is 10.2. The Hall–Kier alpha value is -3.95. The lowest BCUT2D eigenvalue weighted by Gasteiger charge is -2.17. The van der Waals surface area contributed by atoms with Crippen LogP contribution in [0.5, 0.6) is 0 Å². The first-order chi connectivity index (χ1) is 17.7. The summed E-state index contributed by atoms with van der Waals surface area (Å²) in [7, 11) is 3.90. The van der Waals surface area contributed by atoms with Crippen LogP contribution in [0.15, 0.2) is 77.7 Å². The van der Waals surface area contributed by atoms with Crippen LogP contribution in [0, 0.1) is 6.92 Å². The third kappa shape index (κ3) is 6.44. The minimum Gasteiger partial charge on any atom is -0.452 e. The molecule has 1 saturated heterocycles. The Balaban J connectivity index is 1.36. The van der Waals surface area contributed by atoms with Gasteiger partial charge in [0.2, 0.25) is 0 Å². The monoisotopic (exact) mass is 531 g/mol. The molecule has 188 valence electrons. The fourth-order valence-electron chi connectivity index (χ4n) is 3.51. The molecule has 0 bridgehead atoms. The third-order valence-electron chi connectivity index (χ3n) is 5.53. The van der Waals surface area contributed by atoms with Gasteiger partial charge in [-0.1, -0.05) is 53.8 Å². The molecule has 9 heteroatoms. The Kier molecular flexibility index (Phi) is 8.05. The van der Waals surface area contributed by atoms with E-state index in [1.165, 1.54) is 16.7 Å². The van der Waals surface area contributed by atoms with Gasteiger partial charge in [-0.3, -0.25) is 14.5 Å². The number of thiocarbonyl (C=S) groups is 1. The Morgan fingerprint density at radius 3 is 2.27 bits per heavy atom. The molecular formula is C28H25N3O4S2. The number of aryl methyl sites for hydroxylation is 1. The van der Waals surface area contributed by atoms with Crippen molar-refractivity contribution in [3.05, 3.63) is 94.4 Å². The topological polar surface area (TPSA) is 79.0 Å². The van der Waals surface area contributed by atoms with Gasteiger partial charge in [0.25, 0.3) is 11.8 Å². The van der Waals surface area contributed by atoms with Crippen molar-refractivity contribution in [2.45, 2.75) is 6.92 Å². The minimum absolute atomic E-state index is 0.198. The summed E-state index contributed by atoms with van der Waals surface area (Å²) in [5.74, 6) is -1.24. The Bertz CT molecular complexity index is 1370. The molecule has 4 rings (SSSR count). The summed E-state index contributed by atoms with van der Waals surface area (Å²) in [6.07, 6.45) is 1.73. The maximum Gasteiger partial charge on any atom is 0.338 e. The van der Waals surface area contributed by atoms with Crippen LogP contribution in [0.25, 0.3) is 6.08 Å². The summed E-state index contributed by atoms with van der Waals surface area (Å²) >= 11 is 6.68. The van der Waals surface area contributed by atoms with Crippen molar-refractivity contribution in [1.82, 2.24) is 0 Å². The van der Waals surface area contributed by atoms with Crippen molar-refractivity contribution >= 4 is 69.2 Å². The molecule has 3 aromatic carbocycles. The van der Waals surface area contributed by atoms with Crippen molar-refractivity contribution in [2.75, 3.05) is 35.8 Å². The van der Waals surface area contributed by atoms with E-state index in [2.05, 4.69) is 5.32 Å². The SMILES string of the molecule is Cc1ccc(NC(=O)COC(=O)c2ccc(/C=C3\SC(=S)N(c4ccc(N(C)C)cc4)C3=O)cc2)cc1. The van der Waals surface area contributed by atoms with E-state index >= 15 is 0 Å². The molecule has 0 aromatic heterocycles. The van der Waals surface area contributed by atoms with Crippen LogP contribution in [-0.4, -0.2) is 42.8 Å². The first kappa shape index (κ1) is 26.1. The summed E-state index contributed by atoms with van der Waals surface area (Å²) in [6.45, 7) is 1.56. The number of thioether (sulfide) groups is 1. The van der Waals surface area contributed by atoms with E-state index in [0.29, 0.717) is 26.2 Å². The number of ether oxygens (including phenoxy) is 1. The standard InChI is InChI=1S/C28H25N3O4S2/c1-18-4-10-21(11-5-18)29-25(32)17-35-27(34)20-8-6-19(7-9-20)16-24-26(33)31(28(36)37-24)23-14-12-22(13-15-23)30(2)3/h4-16H,17H2,1-3H3,(H,29,32)/b24-16-. The van der Waals surface area contributed by atoms with Gasteiger partial charge in [0.15, 0.2) is 10.9 Å². The van der Waals surface area contributed by atoms with Crippen LogP contribution in [-0.2, 0) is 14.3 Å². The second kappa shape index (κ2) is 11.4. The van der Waals surface area contributed by atoms with Gasteiger partial charge in [0.1, 0.15) is 0 Å². The molecule has 7 nitrogen and oxygen atoms in total. The number of benzene rings is 3. The van der Waals surface area contributed by atoms with Crippen LogP contribution >= 0.6 is 24.0 Å². The maximum atomic E-state index is 13.0. The number of nitrogens with one attached hydrogen (secondary N) is 1. The van der Waals surface area contributed by atoms with Gasteiger partial charge in [-0.05, 0) is 67.1 Å². The Morgan fingerprint density at radius 2 is 1.65 bits per heavy atom. The molecule has 1 N–H and O–H groups in total. The lowest BCUT2D eigenvalue weighted by Crippen LogP contribution is -2.27. The van der Waals surface area contributed by atoms with E-state index in [9.17, 15) is 14.4 Å². The van der Waals surface area contributed by atoms with Crippen molar-refractivity contribution in [3.8, 4) is 0 Å². The lowest BCUT2D eigenvalue weighted by molar-refractivity contribution is -0.119. The molecule has 1 aliphatic rings. The number of carbonyl (C=O) groups excluding carboxylic acids is 3. The highest BCUT2D eigenvalue weighted by atomic mass is 32.2. The normalized spacial score (nSPS) is 14.1. The molecule has 2 amide bonds. The van der Waals surface area contributed by atoms with E-state index in [1.807, 2.05) is 62.3 Å².